The Morgan fingerprint density at radius 2 is 1.17 bits per heavy atom. The number of carboxylic acid groups (broad SMARTS) is 1. The number of carbonyl (C=O) groups excluding carboxylic acids is 3. The van der Waals surface area contributed by atoms with Crippen molar-refractivity contribution in [3.8, 4) is 0 Å². The van der Waals surface area contributed by atoms with Crippen molar-refractivity contribution in [1.29, 1.82) is 0 Å². The minimum Gasteiger partial charge on any atom is -0.481 e. The molecule has 238 valence electrons. The van der Waals surface area contributed by atoms with E-state index in [0.29, 0.717) is 19.3 Å². The highest BCUT2D eigenvalue weighted by atomic mass is 16.6. The molecule has 7 nitrogen and oxygen atoms in total. The van der Waals surface area contributed by atoms with E-state index in [1.807, 2.05) is 51.1 Å². The van der Waals surface area contributed by atoms with Crippen molar-refractivity contribution in [2.45, 2.75) is 161 Å². The van der Waals surface area contributed by atoms with Crippen LogP contribution in [0.15, 0.2) is 30.3 Å². The maximum Gasteiger partial charge on any atom is 0.306 e. The zero-order valence-corrected chi connectivity index (χ0v) is 26.6. The molecule has 42 heavy (non-hydrogen) atoms. The number of hydrogen-bond acceptors (Lipinski definition) is 5. The lowest BCUT2D eigenvalue weighted by Gasteiger charge is -2.19. The van der Waals surface area contributed by atoms with E-state index < -0.39 is 17.6 Å². The Bertz CT molecular complexity index is 892. The third-order valence-corrected chi connectivity index (χ3v) is 7.33. The molecule has 0 saturated heterocycles. The number of Topliss-reactive ketones (excluding diaryl/α,β-unsaturated/α-hetero) is 1. The van der Waals surface area contributed by atoms with E-state index in [1.165, 1.54) is 57.8 Å². The minimum absolute atomic E-state index is 0.0884. The van der Waals surface area contributed by atoms with Gasteiger partial charge in [-0.3, -0.25) is 19.2 Å². The van der Waals surface area contributed by atoms with Crippen molar-refractivity contribution in [1.82, 2.24) is 5.32 Å². The first-order chi connectivity index (χ1) is 20.1. The lowest BCUT2D eigenvalue weighted by Crippen LogP contribution is -2.41. The third-order valence-electron chi connectivity index (χ3n) is 7.33. The number of esters is 1. The van der Waals surface area contributed by atoms with Gasteiger partial charge in [0.15, 0.2) is 5.78 Å². The molecule has 7 heteroatoms. The third kappa shape index (κ3) is 22.0. The predicted octanol–water partition coefficient (Wildman–Crippen LogP) is 8.12. The molecule has 1 rings (SSSR count). The molecule has 0 bridgehead atoms. The van der Waals surface area contributed by atoms with E-state index in [-0.39, 0.29) is 36.9 Å². The van der Waals surface area contributed by atoms with E-state index in [4.69, 9.17) is 9.84 Å². The maximum absolute atomic E-state index is 12.7. The van der Waals surface area contributed by atoms with Crippen LogP contribution in [0, 0.1) is 0 Å². The lowest BCUT2D eigenvalue weighted by molar-refractivity contribution is -0.155. The van der Waals surface area contributed by atoms with Crippen LogP contribution in [-0.4, -0.2) is 40.4 Å². The van der Waals surface area contributed by atoms with Crippen LogP contribution in [0.4, 0.5) is 0 Å². The van der Waals surface area contributed by atoms with Gasteiger partial charge in [0, 0.05) is 25.7 Å². The first-order valence-corrected chi connectivity index (χ1v) is 16.4. The number of rotatable bonds is 25. The molecule has 0 fully saturated rings. The Labute approximate surface area is 254 Å². The molecule has 0 aliphatic carbocycles. The van der Waals surface area contributed by atoms with Crippen molar-refractivity contribution in [2.75, 3.05) is 0 Å². The van der Waals surface area contributed by atoms with Crippen molar-refractivity contribution in [3.05, 3.63) is 35.9 Å². The van der Waals surface area contributed by atoms with Gasteiger partial charge in [-0.05, 0) is 52.0 Å². The topological polar surface area (TPSA) is 110 Å². The first-order valence-electron chi connectivity index (χ1n) is 16.4. The molecule has 1 amide bonds. The first kappa shape index (κ1) is 37.3. The highest BCUT2D eigenvalue weighted by Gasteiger charge is 2.21. The van der Waals surface area contributed by atoms with Gasteiger partial charge in [-0.15, -0.1) is 0 Å². The number of carbonyl (C=O) groups is 4. The second kappa shape index (κ2) is 22.8. The molecule has 1 aromatic carbocycles. The molecule has 0 heterocycles. The smallest absolute Gasteiger partial charge is 0.306 e. The van der Waals surface area contributed by atoms with Gasteiger partial charge < -0.3 is 15.2 Å². The summed E-state index contributed by atoms with van der Waals surface area (Å²) in [6.07, 6.45) is 17.8. The summed E-state index contributed by atoms with van der Waals surface area (Å²) in [5.41, 5.74) is 0.660. The predicted molar refractivity (Wildman–Crippen MR) is 168 cm³/mol. The maximum atomic E-state index is 12.7. The molecule has 1 atom stereocenters. The van der Waals surface area contributed by atoms with E-state index in [2.05, 4.69) is 5.32 Å². The van der Waals surface area contributed by atoms with Crippen LogP contribution in [0.1, 0.15) is 148 Å². The average molecular weight is 588 g/mol. The minimum atomic E-state index is -0.964. The molecule has 0 radical (unpaired) electrons. The molecular formula is C35H57NO6. The summed E-state index contributed by atoms with van der Waals surface area (Å²) in [5, 5.41) is 11.8. The van der Waals surface area contributed by atoms with Crippen LogP contribution in [0.5, 0.6) is 0 Å². The fourth-order valence-electron chi connectivity index (χ4n) is 5.00. The standard InChI is InChI=1S/C35H57NO6/c1-35(2,3)42-34(41)24-20-15-13-11-9-7-5-4-6-8-10-12-14-19-23-32(38)36-30(26-28-33(39)40)31(37)27-25-29-21-17-16-18-22-29/h16-18,21-22,30H,4-15,19-20,23-28H2,1-3H3,(H,36,38)(H,39,40)/t30-/m0/s1. The molecular weight excluding hydrogens is 530 g/mol. The second-order valence-electron chi connectivity index (χ2n) is 12.5. The number of amides is 1. The summed E-state index contributed by atoms with van der Waals surface area (Å²) in [5.74, 6) is -1.33. The van der Waals surface area contributed by atoms with Crippen molar-refractivity contribution in [3.63, 3.8) is 0 Å². The number of hydrogen-bond donors (Lipinski definition) is 2. The number of carboxylic acids is 1. The lowest BCUT2D eigenvalue weighted by atomic mass is 9.99. The molecule has 0 spiro atoms. The summed E-state index contributed by atoms with van der Waals surface area (Å²) < 4.78 is 5.34. The van der Waals surface area contributed by atoms with Gasteiger partial charge in [0.25, 0.3) is 0 Å². The SMILES string of the molecule is CC(C)(C)OC(=O)CCCCCCCCCCCCCCCCC(=O)N[C@@H](CCC(=O)O)C(=O)CCc1ccccc1. The number of benzene rings is 1. The Balaban J connectivity index is 2.02. The summed E-state index contributed by atoms with van der Waals surface area (Å²) in [4.78, 5) is 47.9. The molecule has 2 N–H and O–H groups in total. The van der Waals surface area contributed by atoms with Crippen LogP contribution in [-0.2, 0) is 30.3 Å². The monoisotopic (exact) mass is 587 g/mol. The van der Waals surface area contributed by atoms with Gasteiger partial charge in [0.1, 0.15) is 5.60 Å². The molecule has 0 aliphatic heterocycles. The number of aryl methyl sites for hydroxylation is 1. The Hall–Kier alpha value is -2.70. The number of nitrogens with one attached hydrogen (secondary N) is 1. The van der Waals surface area contributed by atoms with Crippen LogP contribution >= 0.6 is 0 Å². The highest BCUT2D eigenvalue weighted by molar-refractivity contribution is 5.89. The number of aliphatic carboxylic acids is 1. The van der Waals surface area contributed by atoms with Gasteiger partial charge in [-0.2, -0.15) is 0 Å². The van der Waals surface area contributed by atoms with Gasteiger partial charge in [-0.25, -0.2) is 0 Å². The molecule has 0 saturated carbocycles. The van der Waals surface area contributed by atoms with E-state index in [0.717, 1.165) is 37.7 Å². The van der Waals surface area contributed by atoms with E-state index >= 15 is 0 Å². The second-order valence-corrected chi connectivity index (χ2v) is 12.5. The summed E-state index contributed by atoms with van der Waals surface area (Å²) in [6.45, 7) is 5.71. The van der Waals surface area contributed by atoms with Gasteiger partial charge in [0.2, 0.25) is 5.91 Å². The summed E-state index contributed by atoms with van der Waals surface area (Å²) in [7, 11) is 0. The van der Waals surface area contributed by atoms with E-state index in [9.17, 15) is 19.2 Å². The van der Waals surface area contributed by atoms with Crippen LogP contribution in [0.2, 0.25) is 0 Å². The van der Waals surface area contributed by atoms with Crippen LogP contribution < -0.4 is 5.32 Å². The quantitative estimate of drug-likeness (QED) is 0.0883. The Morgan fingerprint density at radius 3 is 1.64 bits per heavy atom. The van der Waals surface area contributed by atoms with E-state index in [1.54, 1.807) is 0 Å². The largest absolute Gasteiger partial charge is 0.481 e. The number of ketones is 1. The number of unbranched alkanes of at least 4 members (excludes halogenated alkanes) is 13. The molecule has 0 aliphatic rings. The molecule has 0 aromatic heterocycles. The normalized spacial score (nSPS) is 12.1. The number of ether oxygens (including phenoxy) is 1. The fraction of sp³-hybridized carbons (Fsp3) is 0.714. The zero-order chi connectivity index (χ0) is 31.1. The highest BCUT2D eigenvalue weighted by Crippen LogP contribution is 2.15. The van der Waals surface area contributed by atoms with Crippen molar-refractivity contribution in [2.24, 2.45) is 0 Å². The van der Waals surface area contributed by atoms with Gasteiger partial charge in [0.05, 0.1) is 6.04 Å². The van der Waals surface area contributed by atoms with Gasteiger partial charge >= 0.3 is 11.9 Å². The Morgan fingerprint density at radius 1 is 0.690 bits per heavy atom. The van der Waals surface area contributed by atoms with Crippen molar-refractivity contribution < 1.29 is 29.0 Å². The molecule has 1 aromatic rings. The van der Waals surface area contributed by atoms with Crippen LogP contribution in [0.3, 0.4) is 0 Å². The summed E-state index contributed by atoms with van der Waals surface area (Å²) in [6, 6.07) is 8.95. The van der Waals surface area contributed by atoms with Crippen molar-refractivity contribution >= 4 is 23.6 Å². The Kier molecular flexibility index (Phi) is 20.3. The fourth-order valence-corrected chi connectivity index (χ4v) is 5.00. The van der Waals surface area contributed by atoms with Crippen LogP contribution in [0.25, 0.3) is 0 Å². The average Bonchev–Trinajstić information content (AvgIpc) is 2.93. The van der Waals surface area contributed by atoms with Gasteiger partial charge in [-0.1, -0.05) is 107 Å². The summed E-state index contributed by atoms with van der Waals surface area (Å²) >= 11 is 0. The molecule has 0 unspecified atom stereocenters. The zero-order valence-electron chi connectivity index (χ0n) is 26.6.